The molecule has 188 valence electrons. The number of nitrogens with one attached hydrogen (secondary N) is 1. The van der Waals surface area contributed by atoms with Crippen LogP contribution in [0.4, 0.5) is 16.2 Å². The number of allylic oxidation sites excluding steroid dienone is 1. The summed E-state index contributed by atoms with van der Waals surface area (Å²) >= 11 is 5.91. The zero-order valence-electron chi connectivity index (χ0n) is 19.8. The summed E-state index contributed by atoms with van der Waals surface area (Å²) in [6, 6.07) is 15.4. The van der Waals surface area contributed by atoms with E-state index >= 15 is 0 Å². The van der Waals surface area contributed by atoms with Crippen molar-refractivity contribution in [3.63, 3.8) is 0 Å². The minimum atomic E-state index is -0.570. The Morgan fingerprint density at radius 3 is 2.43 bits per heavy atom. The average Bonchev–Trinajstić information content (AvgIpc) is 3.16. The van der Waals surface area contributed by atoms with Crippen molar-refractivity contribution in [2.24, 2.45) is 0 Å². The molecule has 0 spiro atoms. The van der Waals surface area contributed by atoms with Crippen LogP contribution in [0, 0.1) is 10.1 Å². The van der Waals surface area contributed by atoms with Crippen molar-refractivity contribution in [2.45, 2.75) is 13.0 Å². The van der Waals surface area contributed by atoms with Gasteiger partial charge in [0.2, 0.25) is 0 Å². The molecule has 37 heavy (non-hydrogen) atoms. The van der Waals surface area contributed by atoms with Gasteiger partial charge in [-0.05, 0) is 72.2 Å². The summed E-state index contributed by atoms with van der Waals surface area (Å²) in [5, 5.41) is 14.0. The lowest BCUT2D eigenvalue weighted by Gasteiger charge is -2.16. The number of rotatable bonds is 9. The molecule has 1 N–H and O–H groups in total. The van der Waals surface area contributed by atoms with Gasteiger partial charge in [0, 0.05) is 22.7 Å². The molecule has 1 saturated heterocycles. The van der Waals surface area contributed by atoms with Crippen LogP contribution in [0.25, 0.3) is 6.08 Å². The summed E-state index contributed by atoms with van der Waals surface area (Å²) < 4.78 is 11.6. The second-order valence-corrected chi connectivity index (χ2v) is 8.46. The van der Waals surface area contributed by atoms with Crippen LogP contribution in [-0.4, -0.2) is 24.0 Å². The molecule has 3 aromatic rings. The maximum absolute atomic E-state index is 13.0. The van der Waals surface area contributed by atoms with E-state index in [0.717, 1.165) is 16.0 Å². The Morgan fingerprint density at radius 2 is 1.81 bits per heavy atom. The maximum Gasteiger partial charge on any atom is 0.333 e. The summed E-state index contributed by atoms with van der Waals surface area (Å²) in [7, 11) is 1.49. The number of nitro groups is 1. The molecule has 0 aromatic heterocycles. The minimum absolute atomic E-state index is 0.00533. The third-order valence-corrected chi connectivity index (χ3v) is 5.79. The van der Waals surface area contributed by atoms with E-state index in [2.05, 4.69) is 11.9 Å². The van der Waals surface area contributed by atoms with E-state index in [0.29, 0.717) is 34.2 Å². The van der Waals surface area contributed by atoms with Gasteiger partial charge in [-0.3, -0.25) is 14.9 Å². The highest BCUT2D eigenvalue weighted by atomic mass is 35.5. The Balaban J connectivity index is 1.61. The number of ether oxygens (including phenoxy) is 2. The lowest BCUT2D eigenvalue weighted by molar-refractivity contribution is -0.384. The Labute approximate surface area is 217 Å². The topological polar surface area (TPSA) is 111 Å². The van der Waals surface area contributed by atoms with E-state index in [-0.39, 0.29) is 18.0 Å². The highest BCUT2D eigenvalue weighted by molar-refractivity contribution is 6.31. The number of halogens is 1. The molecular weight excluding hydrogens is 498 g/mol. The highest BCUT2D eigenvalue weighted by Gasteiger charge is 2.35. The lowest BCUT2D eigenvalue weighted by Crippen LogP contribution is -2.30. The number of carbonyl (C=O) groups is 2. The van der Waals surface area contributed by atoms with Crippen LogP contribution in [0.5, 0.6) is 11.5 Å². The van der Waals surface area contributed by atoms with Gasteiger partial charge in [0.1, 0.15) is 12.3 Å². The number of nitro benzene ring substituents is 1. The normalized spacial score (nSPS) is 14.0. The van der Waals surface area contributed by atoms with Gasteiger partial charge >= 0.3 is 6.03 Å². The van der Waals surface area contributed by atoms with Gasteiger partial charge in [0.05, 0.1) is 17.7 Å². The lowest BCUT2D eigenvalue weighted by atomic mass is 10.0. The zero-order chi connectivity index (χ0) is 26.5. The summed E-state index contributed by atoms with van der Waals surface area (Å²) in [5.74, 6) is 0.391. The molecule has 1 heterocycles. The van der Waals surface area contributed by atoms with Crippen LogP contribution in [0.2, 0.25) is 5.02 Å². The molecule has 1 aliphatic rings. The van der Waals surface area contributed by atoms with E-state index in [9.17, 15) is 19.7 Å². The summed E-state index contributed by atoms with van der Waals surface area (Å²) in [4.78, 5) is 37.0. The molecule has 1 aliphatic heterocycles. The molecule has 3 aromatic carbocycles. The number of methoxy groups -OCH3 is 1. The number of nitrogens with zero attached hydrogens (tertiary/aromatic N) is 2. The van der Waals surface area contributed by atoms with E-state index in [1.54, 1.807) is 54.6 Å². The van der Waals surface area contributed by atoms with Gasteiger partial charge in [-0.15, -0.1) is 6.58 Å². The monoisotopic (exact) mass is 519 g/mol. The van der Waals surface area contributed by atoms with Crippen LogP contribution in [0.15, 0.2) is 79.0 Å². The number of anilines is 1. The molecule has 10 heteroatoms. The largest absolute Gasteiger partial charge is 0.493 e. The fourth-order valence-electron chi connectivity index (χ4n) is 3.79. The van der Waals surface area contributed by atoms with Crippen molar-refractivity contribution in [3.8, 4) is 11.5 Å². The molecule has 3 amide bonds. The van der Waals surface area contributed by atoms with Gasteiger partial charge in [0.15, 0.2) is 11.5 Å². The van der Waals surface area contributed by atoms with Gasteiger partial charge in [-0.2, -0.15) is 0 Å². The fraction of sp³-hybridized carbons (Fsp3) is 0.111. The first-order valence-electron chi connectivity index (χ1n) is 11.1. The fourth-order valence-corrected chi connectivity index (χ4v) is 3.91. The van der Waals surface area contributed by atoms with E-state index in [4.69, 9.17) is 21.1 Å². The number of hydrogen-bond donors (Lipinski definition) is 1. The van der Waals surface area contributed by atoms with Crippen LogP contribution < -0.4 is 19.7 Å². The van der Waals surface area contributed by atoms with Crippen LogP contribution in [0.3, 0.4) is 0 Å². The van der Waals surface area contributed by atoms with Crippen molar-refractivity contribution in [2.75, 3.05) is 12.0 Å². The number of non-ortho nitro benzene ring substituents is 1. The van der Waals surface area contributed by atoms with Gasteiger partial charge in [-0.1, -0.05) is 17.7 Å². The molecule has 4 rings (SSSR count). The van der Waals surface area contributed by atoms with Crippen molar-refractivity contribution in [3.05, 3.63) is 111 Å². The number of imide groups is 1. The average molecular weight is 520 g/mol. The second-order valence-electron chi connectivity index (χ2n) is 8.02. The highest BCUT2D eigenvalue weighted by Crippen LogP contribution is 2.35. The minimum Gasteiger partial charge on any atom is -0.493 e. The van der Waals surface area contributed by atoms with E-state index in [1.807, 2.05) is 6.07 Å². The van der Waals surface area contributed by atoms with Gasteiger partial charge < -0.3 is 14.8 Å². The van der Waals surface area contributed by atoms with Crippen LogP contribution >= 0.6 is 11.6 Å². The van der Waals surface area contributed by atoms with Crippen molar-refractivity contribution < 1.29 is 24.0 Å². The Morgan fingerprint density at radius 1 is 1.11 bits per heavy atom. The van der Waals surface area contributed by atoms with E-state index < -0.39 is 16.9 Å². The number of urea groups is 1. The maximum atomic E-state index is 13.0. The molecule has 0 unspecified atom stereocenters. The Kier molecular flexibility index (Phi) is 7.55. The summed E-state index contributed by atoms with van der Waals surface area (Å²) in [5.41, 5.74) is 2.59. The second kappa shape index (κ2) is 11.0. The van der Waals surface area contributed by atoms with Crippen LogP contribution in [-0.2, 0) is 17.8 Å². The smallest absolute Gasteiger partial charge is 0.333 e. The molecule has 0 bridgehead atoms. The first-order chi connectivity index (χ1) is 17.8. The molecule has 1 fully saturated rings. The molecule has 9 nitrogen and oxygen atoms in total. The third kappa shape index (κ3) is 5.62. The predicted molar refractivity (Wildman–Crippen MR) is 140 cm³/mol. The predicted octanol–water partition coefficient (Wildman–Crippen LogP) is 5.66. The number of amides is 3. The van der Waals surface area contributed by atoms with Gasteiger partial charge in [-0.25, -0.2) is 9.69 Å². The summed E-state index contributed by atoms with van der Waals surface area (Å²) in [6.45, 7) is 3.96. The number of carbonyl (C=O) groups excluding carboxylic acids is 2. The van der Waals surface area contributed by atoms with E-state index in [1.165, 1.54) is 19.2 Å². The molecular formula is C27H22ClN3O6. The number of hydrogen-bond acceptors (Lipinski definition) is 6. The quantitative estimate of drug-likeness (QED) is 0.128. The first kappa shape index (κ1) is 25.5. The van der Waals surface area contributed by atoms with Crippen LogP contribution in [0.1, 0.15) is 16.7 Å². The summed E-state index contributed by atoms with van der Waals surface area (Å²) in [6.07, 6.45) is 3.71. The standard InChI is InChI=1S/C27H22ClN3O6/c1-3-4-19-13-18(14-23-26(32)30(27(33)29-23)21-11-7-20(28)8-12-21)15-24(36-2)25(19)37-16-17-5-9-22(10-6-17)31(34)35/h3,5-15H,1,4,16H2,2H3,(H,29,33)/b23-14+. The molecule has 0 saturated carbocycles. The zero-order valence-corrected chi connectivity index (χ0v) is 20.5. The molecule has 0 aliphatic carbocycles. The first-order valence-corrected chi connectivity index (χ1v) is 11.5. The van der Waals surface area contributed by atoms with Crippen molar-refractivity contribution >= 4 is 41.0 Å². The molecule has 0 radical (unpaired) electrons. The SMILES string of the molecule is C=CCc1cc(/C=C2/NC(=O)N(c3ccc(Cl)cc3)C2=O)cc(OC)c1OCc1ccc([N+](=O)[O-])cc1. The Hall–Kier alpha value is -4.63. The van der Waals surface area contributed by atoms with Crippen molar-refractivity contribution in [1.82, 2.24) is 5.32 Å². The Bertz CT molecular complexity index is 1400. The van der Waals surface area contributed by atoms with Crippen molar-refractivity contribution in [1.29, 1.82) is 0 Å². The number of benzene rings is 3. The van der Waals surface area contributed by atoms with Gasteiger partial charge in [0.25, 0.3) is 11.6 Å². The third-order valence-electron chi connectivity index (χ3n) is 5.54. The molecule has 0 atom stereocenters.